The maximum atomic E-state index is 11.6. The molecular weight excluding hydrogens is 254 g/mol. The van der Waals surface area contributed by atoms with Crippen molar-refractivity contribution in [2.75, 3.05) is 6.54 Å². The first-order chi connectivity index (χ1) is 7.00. The van der Waals surface area contributed by atoms with Crippen molar-refractivity contribution in [3.8, 4) is 0 Å². The summed E-state index contributed by atoms with van der Waals surface area (Å²) in [6.07, 6.45) is 4.32. The maximum absolute atomic E-state index is 11.6. The second-order valence-corrected chi connectivity index (χ2v) is 6.32. The van der Waals surface area contributed by atoms with Crippen LogP contribution >= 0.6 is 15.9 Å². The number of carbonyl (C=O) groups excluding carboxylic acids is 1. The lowest BCUT2D eigenvalue weighted by molar-refractivity contribution is -0.129. The van der Waals surface area contributed by atoms with Gasteiger partial charge in [-0.15, -0.1) is 0 Å². The molecule has 88 valence electrons. The van der Waals surface area contributed by atoms with Crippen LogP contribution in [-0.2, 0) is 4.79 Å². The molecule has 1 aliphatic heterocycles. The Kier molecular flexibility index (Phi) is 5.10. The maximum Gasteiger partial charge on any atom is 0.224 e. The molecule has 1 heterocycles. The molecule has 0 aromatic carbocycles. The third-order valence-corrected chi connectivity index (χ3v) is 3.66. The average molecular weight is 276 g/mol. The van der Waals surface area contributed by atoms with Gasteiger partial charge in [-0.05, 0) is 19.3 Å². The number of alkyl halides is 1. The SMILES string of the molecule is CC(C)CCCC(C)N1CC(Br)CC1=O. The van der Waals surface area contributed by atoms with Gasteiger partial charge in [0.05, 0.1) is 0 Å². The third-order valence-electron chi connectivity index (χ3n) is 3.05. The second-order valence-electron chi connectivity index (χ2n) is 5.02. The molecular formula is C12H22BrNO. The minimum atomic E-state index is 0.314. The van der Waals surface area contributed by atoms with Crippen LogP contribution in [0.15, 0.2) is 0 Å². The summed E-state index contributed by atoms with van der Waals surface area (Å²) in [5.74, 6) is 1.09. The van der Waals surface area contributed by atoms with Gasteiger partial charge in [0.2, 0.25) is 5.91 Å². The van der Waals surface area contributed by atoms with Crippen molar-refractivity contribution in [2.45, 2.75) is 57.3 Å². The van der Waals surface area contributed by atoms with Gasteiger partial charge in [0.15, 0.2) is 0 Å². The standard InChI is InChI=1S/C12H22BrNO/c1-9(2)5-4-6-10(3)14-8-11(13)7-12(14)15/h9-11H,4-8H2,1-3H3. The van der Waals surface area contributed by atoms with Crippen molar-refractivity contribution in [2.24, 2.45) is 5.92 Å². The number of rotatable bonds is 5. The molecule has 2 atom stereocenters. The van der Waals surface area contributed by atoms with E-state index in [1.165, 1.54) is 12.8 Å². The van der Waals surface area contributed by atoms with Crippen molar-refractivity contribution in [3.63, 3.8) is 0 Å². The molecule has 1 amide bonds. The van der Waals surface area contributed by atoms with E-state index in [1.54, 1.807) is 0 Å². The number of likely N-dealkylation sites (tertiary alicyclic amines) is 1. The summed E-state index contributed by atoms with van der Waals surface area (Å²) >= 11 is 3.52. The van der Waals surface area contributed by atoms with Crippen LogP contribution in [0.1, 0.15) is 46.5 Å². The normalized spacial score (nSPS) is 23.9. The number of amides is 1. The average Bonchev–Trinajstić information content (AvgIpc) is 2.44. The first kappa shape index (κ1) is 13.0. The van der Waals surface area contributed by atoms with Crippen LogP contribution < -0.4 is 0 Å². The Morgan fingerprint density at radius 1 is 1.40 bits per heavy atom. The molecule has 1 aliphatic rings. The molecule has 0 spiro atoms. The van der Waals surface area contributed by atoms with Crippen molar-refractivity contribution >= 4 is 21.8 Å². The number of hydrogen-bond acceptors (Lipinski definition) is 1. The van der Waals surface area contributed by atoms with E-state index < -0.39 is 0 Å². The Balaban J connectivity index is 2.27. The Labute approximate surface area is 102 Å². The highest BCUT2D eigenvalue weighted by Gasteiger charge is 2.30. The van der Waals surface area contributed by atoms with Crippen LogP contribution in [0.5, 0.6) is 0 Å². The summed E-state index contributed by atoms with van der Waals surface area (Å²) in [7, 11) is 0. The zero-order valence-corrected chi connectivity index (χ0v) is 11.6. The second kappa shape index (κ2) is 5.88. The molecule has 0 aromatic rings. The summed E-state index contributed by atoms with van der Waals surface area (Å²) in [6.45, 7) is 7.56. The summed E-state index contributed by atoms with van der Waals surface area (Å²) in [6, 6.07) is 0.416. The molecule has 0 N–H and O–H groups in total. The highest BCUT2D eigenvalue weighted by Crippen LogP contribution is 2.22. The van der Waals surface area contributed by atoms with Crippen molar-refractivity contribution < 1.29 is 4.79 Å². The topological polar surface area (TPSA) is 20.3 Å². The van der Waals surface area contributed by atoms with Gasteiger partial charge in [0.25, 0.3) is 0 Å². The Hall–Kier alpha value is -0.0500. The van der Waals surface area contributed by atoms with E-state index in [2.05, 4.69) is 36.7 Å². The highest BCUT2D eigenvalue weighted by atomic mass is 79.9. The van der Waals surface area contributed by atoms with Crippen LogP contribution in [0.3, 0.4) is 0 Å². The Morgan fingerprint density at radius 3 is 2.53 bits per heavy atom. The van der Waals surface area contributed by atoms with Crippen LogP contribution in [0.2, 0.25) is 0 Å². The molecule has 15 heavy (non-hydrogen) atoms. The molecule has 0 aromatic heterocycles. The number of carbonyl (C=O) groups is 1. The molecule has 2 unspecified atom stereocenters. The van der Waals surface area contributed by atoms with Gasteiger partial charge in [0, 0.05) is 23.8 Å². The Morgan fingerprint density at radius 2 is 2.07 bits per heavy atom. The third kappa shape index (κ3) is 4.13. The fraction of sp³-hybridized carbons (Fsp3) is 0.917. The van der Waals surface area contributed by atoms with Crippen molar-refractivity contribution in [1.82, 2.24) is 4.90 Å². The van der Waals surface area contributed by atoms with Gasteiger partial charge in [-0.1, -0.05) is 42.6 Å². The first-order valence-electron chi connectivity index (χ1n) is 5.94. The van der Waals surface area contributed by atoms with Gasteiger partial charge >= 0.3 is 0 Å². The number of nitrogens with zero attached hydrogens (tertiary/aromatic N) is 1. The smallest absolute Gasteiger partial charge is 0.224 e. The predicted molar refractivity (Wildman–Crippen MR) is 67.2 cm³/mol. The lowest BCUT2D eigenvalue weighted by Gasteiger charge is -2.24. The minimum absolute atomic E-state index is 0.314. The molecule has 1 saturated heterocycles. The molecule has 0 aliphatic carbocycles. The molecule has 0 bridgehead atoms. The molecule has 0 saturated carbocycles. The van der Waals surface area contributed by atoms with Crippen molar-refractivity contribution in [1.29, 1.82) is 0 Å². The minimum Gasteiger partial charge on any atom is -0.339 e. The molecule has 2 nitrogen and oxygen atoms in total. The lowest BCUT2D eigenvalue weighted by Crippen LogP contribution is -2.34. The zero-order chi connectivity index (χ0) is 11.4. The van der Waals surface area contributed by atoms with E-state index in [9.17, 15) is 4.79 Å². The first-order valence-corrected chi connectivity index (χ1v) is 6.85. The lowest BCUT2D eigenvalue weighted by atomic mass is 10.0. The van der Waals surface area contributed by atoms with Gasteiger partial charge < -0.3 is 4.90 Å². The quantitative estimate of drug-likeness (QED) is 0.706. The fourth-order valence-electron chi connectivity index (χ4n) is 2.09. The summed E-state index contributed by atoms with van der Waals surface area (Å²) < 4.78 is 0. The van der Waals surface area contributed by atoms with E-state index in [0.717, 1.165) is 18.9 Å². The molecule has 1 fully saturated rings. The summed E-state index contributed by atoms with van der Waals surface area (Å²) in [5.41, 5.74) is 0. The number of hydrogen-bond donors (Lipinski definition) is 0. The van der Waals surface area contributed by atoms with Crippen LogP contribution in [0.25, 0.3) is 0 Å². The molecule has 0 radical (unpaired) electrons. The van der Waals surface area contributed by atoms with E-state index in [1.807, 2.05) is 4.90 Å². The highest BCUT2D eigenvalue weighted by molar-refractivity contribution is 9.09. The monoisotopic (exact) mass is 275 g/mol. The molecule has 3 heteroatoms. The van der Waals surface area contributed by atoms with Crippen LogP contribution in [-0.4, -0.2) is 28.2 Å². The van der Waals surface area contributed by atoms with Gasteiger partial charge in [-0.3, -0.25) is 4.79 Å². The number of halogens is 1. The van der Waals surface area contributed by atoms with E-state index >= 15 is 0 Å². The van der Waals surface area contributed by atoms with Gasteiger partial charge in [0.1, 0.15) is 0 Å². The van der Waals surface area contributed by atoms with E-state index in [0.29, 0.717) is 23.2 Å². The fourth-order valence-corrected chi connectivity index (χ4v) is 2.68. The summed E-state index contributed by atoms with van der Waals surface area (Å²) in [4.78, 5) is 14.0. The van der Waals surface area contributed by atoms with E-state index in [-0.39, 0.29) is 0 Å². The molecule has 1 rings (SSSR count). The van der Waals surface area contributed by atoms with Crippen molar-refractivity contribution in [3.05, 3.63) is 0 Å². The van der Waals surface area contributed by atoms with Crippen LogP contribution in [0.4, 0.5) is 0 Å². The zero-order valence-electron chi connectivity index (χ0n) is 10.0. The van der Waals surface area contributed by atoms with Gasteiger partial charge in [-0.25, -0.2) is 0 Å². The summed E-state index contributed by atoms with van der Waals surface area (Å²) in [5, 5.41) is 0. The van der Waals surface area contributed by atoms with E-state index in [4.69, 9.17) is 0 Å². The Bertz CT molecular complexity index is 218. The van der Waals surface area contributed by atoms with Gasteiger partial charge in [-0.2, -0.15) is 0 Å². The predicted octanol–water partition coefficient (Wildman–Crippen LogP) is 3.20. The largest absolute Gasteiger partial charge is 0.339 e. The van der Waals surface area contributed by atoms with Crippen LogP contribution in [0, 0.1) is 5.92 Å².